The van der Waals surface area contributed by atoms with Gasteiger partial charge < -0.3 is 25.0 Å². The van der Waals surface area contributed by atoms with Gasteiger partial charge in [0.1, 0.15) is 33.4 Å². The highest BCUT2D eigenvalue weighted by Gasteiger charge is 2.44. The molecule has 11 heteroatoms. The number of nitrogens with one attached hydrogen (secondary N) is 2. The van der Waals surface area contributed by atoms with E-state index in [4.69, 9.17) is 4.74 Å². The molecule has 0 amide bonds. The highest BCUT2D eigenvalue weighted by Crippen LogP contribution is 2.35. The number of ether oxygens (including phenoxy) is 1. The van der Waals surface area contributed by atoms with Crippen LogP contribution in [0.5, 0.6) is 0 Å². The molecule has 0 aromatic carbocycles. The molecule has 4 rings (SSSR count). The van der Waals surface area contributed by atoms with Crippen LogP contribution in [0.4, 0.5) is 0 Å². The zero-order valence-electron chi connectivity index (χ0n) is 11.5. The normalized spacial score (nSPS) is 28.1. The second-order valence-corrected chi connectivity index (χ2v) is 6.25. The first kappa shape index (κ1) is 14.5. The van der Waals surface area contributed by atoms with Crippen molar-refractivity contribution in [2.24, 2.45) is 0 Å². The van der Waals surface area contributed by atoms with E-state index in [1.807, 2.05) is 0 Å². The number of aliphatic hydroxyl groups is 3. The molecule has 23 heavy (non-hydrogen) atoms. The molecule has 0 spiro atoms. The zero-order chi connectivity index (χ0) is 16.3. The molecule has 0 unspecified atom stereocenters. The van der Waals surface area contributed by atoms with Gasteiger partial charge in [-0.3, -0.25) is 14.3 Å². The number of hydrogen-bond donors (Lipinski definition) is 5. The molecule has 122 valence electrons. The smallest absolute Gasteiger partial charge is 0.326 e. The summed E-state index contributed by atoms with van der Waals surface area (Å²) in [5.41, 5.74) is -0.479. The molecule has 1 saturated heterocycles. The monoisotopic (exact) mass is 340 g/mol. The number of nitrogens with zero attached hydrogens (tertiary/aromatic N) is 2. The van der Waals surface area contributed by atoms with Crippen molar-refractivity contribution in [1.29, 1.82) is 0 Å². The lowest BCUT2D eigenvalue weighted by Crippen LogP contribution is -2.33. The van der Waals surface area contributed by atoms with Gasteiger partial charge in [0.2, 0.25) is 0 Å². The zero-order valence-corrected chi connectivity index (χ0v) is 12.3. The fourth-order valence-electron chi connectivity index (χ4n) is 2.79. The molecule has 0 radical (unpaired) electrons. The molecule has 4 heterocycles. The Morgan fingerprint density at radius 3 is 2.78 bits per heavy atom. The van der Waals surface area contributed by atoms with E-state index in [1.54, 1.807) is 0 Å². The van der Waals surface area contributed by atoms with Gasteiger partial charge >= 0.3 is 5.69 Å². The summed E-state index contributed by atoms with van der Waals surface area (Å²) in [6.07, 6.45) is -3.07. The van der Waals surface area contributed by atoms with E-state index >= 15 is 0 Å². The summed E-state index contributed by atoms with van der Waals surface area (Å²) in [7, 11) is 0. The van der Waals surface area contributed by atoms with Gasteiger partial charge in [-0.15, -0.1) is 11.3 Å². The van der Waals surface area contributed by atoms with Crippen LogP contribution in [0.25, 0.3) is 20.6 Å². The first-order valence-corrected chi connectivity index (χ1v) is 7.57. The standard InChI is InChI=1S/C12H12N4O6S/c17-1-3-6(18)7(19)11(22-3)16-2-13-10-5(16)4-8(23-10)9(20)15-12(21)14-4/h2-3,6-7,11,17-19H,1H2,(H2,14,15,20,21)/t3-,6-,7-,11-/m1/s1. The van der Waals surface area contributed by atoms with Gasteiger partial charge in [-0.2, -0.15) is 0 Å². The number of H-pyrrole nitrogens is 2. The number of imidazole rings is 1. The fraction of sp³-hybridized carbons (Fsp3) is 0.417. The Kier molecular flexibility index (Phi) is 3.14. The van der Waals surface area contributed by atoms with Crippen LogP contribution in [0, 0.1) is 0 Å². The Balaban J connectivity index is 1.95. The molecule has 4 atom stereocenters. The van der Waals surface area contributed by atoms with Crippen molar-refractivity contribution in [1.82, 2.24) is 19.5 Å². The van der Waals surface area contributed by atoms with Gasteiger partial charge in [-0.25, -0.2) is 9.78 Å². The molecule has 1 aliphatic rings. The van der Waals surface area contributed by atoms with Gasteiger partial charge in [0.15, 0.2) is 6.23 Å². The molecule has 1 fully saturated rings. The quantitative estimate of drug-likeness (QED) is 0.370. The average molecular weight is 340 g/mol. The highest BCUT2D eigenvalue weighted by atomic mass is 32.1. The minimum absolute atomic E-state index is 0.286. The third-order valence-electron chi connectivity index (χ3n) is 3.89. The van der Waals surface area contributed by atoms with Gasteiger partial charge in [0.05, 0.1) is 18.5 Å². The summed E-state index contributed by atoms with van der Waals surface area (Å²) in [4.78, 5) is 32.7. The van der Waals surface area contributed by atoms with Crippen molar-refractivity contribution in [3.63, 3.8) is 0 Å². The topological polar surface area (TPSA) is 153 Å². The second-order valence-electron chi connectivity index (χ2n) is 5.25. The van der Waals surface area contributed by atoms with Crippen molar-refractivity contribution in [3.8, 4) is 0 Å². The Morgan fingerprint density at radius 2 is 2.09 bits per heavy atom. The molecule has 1 aliphatic heterocycles. The average Bonchev–Trinajstić information content (AvgIpc) is 3.15. The Bertz CT molecular complexity index is 1000. The van der Waals surface area contributed by atoms with Gasteiger partial charge in [0, 0.05) is 0 Å². The molecule has 0 aliphatic carbocycles. The number of thiophene rings is 1. The Labute approximate surface area is 130 Å². The molecular formula is C12H12N4O6S. The van der Waals surface area contributed by atoms with Crippen LogP contribution in [-0.2, 0) is 4.74 Å². The van der Waals surface area contributed by atoms with E-state index in [0.29, 0.717) is 15.0 Å². The van der Waals surface area contributed by atoms with Crippen LogP contribution in [0.15, 0.2) is 15.9 Å². The maximum absolute atomic E-state index is 11.9. The van der Waals surface area contributed by atoms with Crippen molar-refractivity contribution in [3.05, 3.63) is 27.2 Å². The number of rotatable bonds is 2. The van der Waals surface area contributed by atoms with E-state index < -0.39 is 42.4 Å². The summed E-state index contributed by atoms with van der Waals surface area (Å²) < 4.78 is 7.20. The lowest BCUT2D eigenvalue weighted by atomic mass is 10.1. The molecule has 3 aromatic heterocycles. The molecule has 0 saturated carbocycles. The summed E-state index contributed by atoms with van der Waals surface area (Å²) in [5.74, 6) is 0. The van der Waals surface area contributed by atoms with E-state index in [0.717, 1.165) is 11.3 Å². The molecule has 0 bridgehead atoms. The fourth-order valence-corrected chi connectivity index (χ4v) is 3.78. The van der Waals surface area contributed by atoms with E-state index in [-0.39, 0.29) is 5.52 Å². The number of hydrogen-bond acceptors (Lipinski definition) is 8. The van der Waals surface area contributed by atoms with E-state index in [9.17, 15) is 24.9 Å². The van der Waals surface area contributed by atoms with Crippen molar-refractivity contribution < 1.29 is 20.1 Å². The third kappa shape index (κ3) is 1.98. The summed E-state index contributed by atoms with van der Waals surface area (Å²) in [6, 6.07) is 0. The minimum Gasteiger partial charge on any atom is -0.394 e. The molecule has 5 N–H and O–H groups in total. The van der Waals surface area contributed by atoms with Crippen LogP contribution in [0.3, 0.4) is 0 Å². The van der Waals surface area contributed by atoms with Crippen molar-refractivity contribution in [2.75, 3.05) is 6.61 Å². The first-order chi connectivity index (χ1) is 11.0. The van der Waals surface area contributed by atoms with Crippen LogP contribution in [0.1, 0.15) is 6.23 Å². The largest absolute Gasteiger partial charge is 0.394 e. The van der Waals surface area contributed by atoms with Crippen LogP contribution in [0.2, 0.25) is 0 Å². The second kappa shape index (κ2) is 4.97. The Hall–Kier alpha value is -2.05. The Morgan fingerprint density at radius 1 is 1.30 bits per heavy atom. The van der Waals surface area contributed by atoms with E-state index in [2.05, 4.69) is 15.0 Å². The third-order valence-corrected chi connectivity index (χ3v) is 4.97. The van der Waals surface area contributed by atoms with Crippen LogP contribution < -0.4 is 11.2 Å². The number of fused-ring (bicyclic) bond motifs is 3. The molecule has 3 aromatic rings. The summed E-state index contributed by atoms with van der Waals surface area (Å²) >= 11 is 1.09. The predicted octanol–water partition coefficient (Wildman–Crippen LogP) is -1.76. The van der Waals surface area contributed by atoms with Crippen LogP contribution in [-0.4, -0.2) is 59.8 Å². The predicted molar refractivity (Wildman–Crippen MR) is 79.4 cm³/mol. The van der Waals surface area contributed by atoms with Crippen molar-refractivity contribution >= 4 is 31.9 Å². The highest BCUT2D eigenvalue weighted by molar-refractivity contribution is 7.25. The van der Waals surface area contributed by atoms with E-state index in [1.165, 1.54) is 10.9 Å². The molecule has 10 nitrogen and oxygen atoms in total. The number of aromatic amines is 2. The SMILES string of the molecule is O=c1[nH]c(=O)c2sc3ncn([C@@H]4O[C@H](CO)[C@@H](O)[C@H]4O)c3c2[nH]1. The van der Waals surface area contributed by atoms with Gasteiger partial charge in [0.25, 0.3) is 5.56 Å². The summed E-state index contributed by atoms with van der Waals surface area (Å²) in [6.45, 7) is -0.451. The minimum atomic E-state index is -1.28. The van der Waals surface area contributed by atoms with Gasteiger partial charge in [-0.05, 0) is 0 Å². The summed E-state index contributed by atoms with van der Waals surface area (Å²) in [5, 5.41) is 29.2. The van der Waals surface area contributed by atoms with Crippen LogP contribution >= 0.6 is 11.3 Å². The lowest BCUT2D eigenvalue weighted by Gasteiger charge is -2.16. The number of aliphatic hydroxyl groups excluding tert-OH is 3. The van der Waals surface area contributed by atoms with Crippen molar-refractivity contribution in [2.45, 2.75) is 24.5 Å². The number of aromatic nitrogens is 4. The maximum Gasteiger partial charge on any atom is 0.326 e. The molecular weight excluding hydrogens is 328 g/mol. The lowest BCUT2D eigenvalue weighted by molar-refractivity contribution is -0.0508. The first-order valence-electron chi connectivity index (χ1n) is 6.75. The van der Waals surface area contributed by atoms with Gasteiger partial charge in [-0.1, -0.05) is 0 Å². The maximum atomic E-state index is 11.9.